The molecular weight excluding hydrogens is 555 g/mol. The molecule has 0 fully saturated rings. The SMILES string of the molecule is CCCCN(CCCC)c1ccc(/C=C/c2ccc(C(O[Si](c3ccccc3)c3ccccc3)C(C)(C)C)cc2)c(OC)c1. The Balaban J connectivity index is 1.55. The van der Waals surface area contributed by atoms with Crippen molar-refractivity contribution in [3.05, 3.63) is 120 Å². The molecule has 3 nitrogen and oxygen atoms in total. The third-order valence-electron chi connectivity index (χ3n) is 7.93. The van der Waals surface area contributed by atoms with E-state index in [1.807, 2.05) is 0 Å². The molecular formula is C40H50NO2Si. The van der Waals surface area contributed by atoms with E-state index in [4.69, 9.17) is 9.16 Å². The highest BCUT2D eigenvalue weighted by atomic mass is 28.3. The molecule has 0 bridgehead atoms. The van der Waals surface area contributed by atoms with Gasteiger partial charge in [0.2, 0.25) is 0 Å². The molecule has 0 amide bonds. The lowest BCUT2D eigenvalue weighted by Crippen LogP contribution is -2.47. The fourth-order valence-electron chi connectivity index (χ4n) is 5.41. The van der Waals surface area contributed by atoms with Crippen LogP contribution in [0.3, 0.4) is 0 Å². The monoisotopic (exact) mass is 604 g/mol. The maximum Gasteiger partial charge on any atom is 0.283 e. The minimum atomic E-state index is -1.44. The van der Waals surface area contributed by atoms with Crippen molar-refractivity contribution in [1.82, 2.24) is 0 Å². The van der Waals surface area contributed by atoms with Crippen LogP contribution in [0.4, 0.5) is 5.69 Å². The van der Waals surface area contributed by atoms with Gasteiger partial charge in [0.1, 0.15) is 5.75 Å². The normalized spacial score (nSPS) is 12.5. The summed E-state index contributed by atoms with van der Waals surface area (Å²) in [5, 5.41) is 2.52. The first-order chi connectivity index (χ1) is 21.3. The lowest BCUT2D eigenvalue weighted by molar-refractivity contribution is 0.0897. The van der Waals surface area contributed by atoms with Crippen molar-refractivity contribution in [2.45, 2.75) is 66.4 Å². The molecule has 0 saturated heterocycles. The molecule has 4 heteroatoms. The molecule has 0 spiro atoms. The average molecular weight is 605 g/mol. The lowest BCUT2D eigenvalue weighted by Gasteiger charge is -2.34. The summed E-state index contributed by atoms with van der Waals surface area (Å²) in [4.78, 5) is 2.50. The van der Waals surface area contributed by atoms with Crippen LogP contribution in [0.5, 0.6) is 5.75 Å². The zero-order valence-electron chi connectivity index (χ0n) is 27.6. The highest BCUT2D eigenvalue weighted by Crippen LogP contribution is 2.37. The Morgan fingerprint density at radius 3 is 1.80 bits per heavy atom. The molecule has 1 unspecified atom stereocenters. The average Bonchev–Trinajstić information content (AvgIpc) is 3.05. The third kappa shape index (κ3) is 9.20. The van der Waals surface area contributed by atoms with Crippen LogP contribution in [-0.4, -0.2) is 29.2 Å². The van der Waals surface area contributed by atoms with Gasteiger partial charge >= 0.3 is 0 Å². The van der Waals surface area contributed by atoms with Gasteiger partial charge in [-0.25, -0.2) is 0 Å². The van der Waals surface area contributed by atoms with Gasteiger partial charge in [-0.3, -0.25) is 0 Å². The summed E-state index contributed by atoms with van der Waals surface area (Å²) < 4.78 is 13.0. The largest absolute Gasteiger partial charge is 0.496 e. The van der Waals surface area contributed by atoms with Crippen molar-refractivity contribution in [1.29, 1.82) is 0 Å². The molecule has 0 saturated carbocycles. The molecule has 1 radical (unpaired) electrons. The smallest absolute Gasteiger partial charge is 0.283 e. The summed E-state index contributed by atoms with van der Waals surface area (Å²) in [6, 6.07) is 36.8. The maximum absolute atomic E-state index is 7.12. The van der Waals surface area contributed by atoms with Crippen LogP contribution in [0, 0.1) is 5.41 Å². The van der Waals surface area contributed by atoms with Gasteiger partial charge in [0.25, 0.3) is 9.04 Å². The molecule has 0 aromatic heterocycles. The van der Waals surface area contributed by atoms with Crippen molar-refractivity contribution >= 4 is 37.3 Å². The third-order valence-corrected chi connectivity index (χ3v) is 10.1. The van der Waals surface area contributed by atoms with Crippen LogP contribution in [0.1, 0.15) is 83.1 Å². The zero-order valence-corrected chi connectivity index (χ0v) is 28.6. The second-order valence-electron chi connectivity index (χ2n) is 12.5. The van der Waals surface area contributed by atoms with E-state index in [1.165, 1.54) is 47.3 Å². The number of ether oxygens (including phenoxy) is 1. The molecule has 4 rings (SSSR count). The number of rotatable bonds is 15. The molecule has 0 aliphatic carbocycles. The van der Waals surface area contributed by atoms with Gasteiger partial charge in [-0.05, 0) is 51.9 Å². The molecule has 4 aromatic carbocycles. The van der Waals surface area contributed by atoms with Gasteiger partial charge < -0.3 is 14.1 Å². The van der Waals surface area contributed by atoms with Crippen molar-refractivity contribution in [3.63, 3.8) is 0 Å². The topological polar surface area (TPSA) is 21.7 Å². The first-order valence-electron chi connectivity index (χ1n) is 16.2. The molecule has 4 aromatic rings. The molecule has 0 aliphatic heterocycles. The standard InChI is InChI=1S/C40H50NO2Si/c1-7-9-29-41(30-10-8-2)35-28-27-33(38(31-35)42-6)24-21-32-22-25-34(26-23-32)39(40(3,4)5)43-44(36-17-13-11-14-18-36)37-19-15-12-16-20-37/h11-28,31,39H,7-10,29-30H2,1-6H3/b24-21+. The van der Waals surface area contributed by atoms with Gasteiger partial charge in [-0.15, -0.1) is 0 Å². The van der Waals surface area contributed by atoms with Crippen LogP contribution >= 0.6 is 0 Å². The van der Waals surface area contributed by atoms with Crippen molar-refractivity contribution in [2.24, 2.45) is 5.41 Å². The number of hydrogen-bond acceptors (Lipinski definition) is 3. The van der Waals surface area contributed by atoms with Gasteiger partial charge in [0.05, 0.1) is 13.2 Å². The summed E-state index contributed by atoms with van der Waals surface area (Å²) in [6.07, 6.45) is 9.07. The Bertz CT molecular complexity index is 1380. The number of hydrogen-bond donors (Lipinski definition) is 0. The summed E-state index contributed by atoms with van der Waals surface area (Å²) in [5.41, 5.74) is 4.60. The summed E-state index contributed by atoms with van der Waals surface area (Å²) in [7, 11) is 0.322. The number of benzene rings is 4. The Kier molecular flexibility index (Phi) is 12.5. The van der Waals surface area contributed by atoms with Crippen LogP contribution in [0.25, 0.3) is 12.2 Å². The van der Waals surface area contributed by atoms with Crippen LogP contribution in [0.15, 0.2) is 103 Å². The molecule has 44 heavy (non-hydrogen) atoms. The molecule has 231 valence electrons. The summed E-state index contributed by atoms with van der Waals surface area (Å²) in [5.74, 6) is 0.908. The first-order valence-corrected chi connectivity index (χ1v) is 17.6. The quantitative estimate of drug-likeness (QED) is 0.0997. The van der Waals surface area contributed by atoms with E-state index in [0.717, 1.165) is 30.0 Å². The van der Waals surface area contributed by atoms with Gasteiger partial charge in [0, 0.05) is 30.4 Å². The van der Waals surface area contributed by atoms with Gasteiger partial charge in [0.15, 0.2) is 0 Å². The fraction of sp³-hybridized carbons (Fsp3) is 0.350. The van der Waals surface area contributed by atoms with E-state index in [0.29, 0.717) is 0 Å². The predicted octanol–water partition coefficient (Wildman–Crippen LogP) is 9.18. The summed E-state index contributed by atoms with van der Waals surface area (Å²) >= 11 is 0. The maximum atomic E-state index is 7.12. The first kappa shape index (κ1) is 33.3. The van der Waals surface area contributed by atoms with Crippen molar-refractivity contribution in [3.8, 4) is 5.75 Å². The highest BCUT2D eigenvalue weighted by Gasteiger charge is 2.32. The van der Waals surface area contributed by atoms with Crippen LogP contribution < -0.4 is 20.0 Å². The van der Waals surface area contributed by atoms with Crippen LogP contribution in [0.2, 0.25) is 0 Å². The van der Waals surface area contributed by atoms with E-state index < -0.39 is 9.04 Å². The molecule has 0 heterocycles. The summed E-state index contributed by atoms with van der Waals surface area (Å²) in [6.45, 7) is 13.5. The second kappa shape index (κ2) is 16.5. The Hall–Kier alpha value is -3.60. The number of anilines is 1. The molecule has 0 aliphatic rings. The van der Waals surface area contributed by atoms with Gasteiger partial charge in [-0.1, -0.05) is 145 Å². The van der Waals surface area contributed by atoms with E-state index in [9.17, 15) is 0 Å². The minimum Gasteiger partial charge on any atom is -0.496 e. The molecule has 0 N–H and O–H groups in total. The molecule has 1 atom stereocenters. The van der Waals surface area contributed by atoms with Crippen LogP contribution in [-0.2, 0) is 4.43 Å². The van der Waals surface area contributed by atoms with E-state index >= 15 is 0 Å². The Morgan fingerprint density at radius 2 is 1.30 bits per heavy atom. The predicted molar refractivity (Wildman–Crippen MR) is 192 cm³/mol. The Morgan fingerprint density at radius 1 is 0.727 bits per heavy atom. The minimum absolute atomic E-state index is 0.0502. The van der Waals surface area contributed by atoms with E-state index in [1.54, 1.807) is 7.11 Å². The van der Waals surface area contributed by atoms with Crippen molar-refractivity contribution in [2.75, 3.05) is 25.1 Å². The number of unbranched alkanes of at least 4 members (excludes halogenated alkanes) is 2. The van der Waals surface area contributed by atoms with Crippen molar-refractivity contribution < 1.29 is 9.16 Å². The zero-order chi connectivity index (χ0) is 31.4. The highest BCUT2D eigenvalue weighted by molar-refractivity contribution is 6.80. The number of nitrogens with zero attached hydrogens (tertiary/aromatic N) is 1. The van der Waals surface area contributed by atoms with Gasteiger partial charge in [-0.2, -0.15) is 0 Å². The lowest BCUT2D eigenvalue weighted by atomic mass is 9.84. The van der Waals surface area contributed by atoms with E-state index in [2.05, 4.69) is 155 Å². The second-order valence-corrected chi connectivity index (χ2v) is 14.6. The Labute approximate surface area is 268 Å². The van der Waals surface area contributed by atoms with E-state index in [-0.39, 0.29) is 11.5 Å². The fourth-order valence-corrected chi connectivity index (χ4v) is 7.74. The number of methoxy groups -OCH3 is 1.